The largest absolute Gasteiger partial charge is 0.0817 e. The maximum absolute atomic E-state index is 5.86. The molecule has 22 heavy (non-hydrogen) atoms. The summed E-state index contributed by atoms with van der Waals surface area (Å²) in [4.78, 5) is 0. The van der Waals surface area contributed by atoms with E-state index in [0.717, 1.165) is 24.3 Å². The quantitative estimate of drug-likeness (QED) is 0.167. The van der Waals surface area contributed by atoms with E-state index in [-0.39, 0.29) is 0 Å². The molecule has 0 amide bonds. The Hall–Kier alpha value is 3.84. The summed E-state index contributed by atoms with van der Waals surface area (Å²) >= 11 is 0. The normalized spacial score (nSPS) is 17.3. The van der Waals surface area contributed by atoms with Gasteiger partial charge < -0.3 is 0 Å². The molecule has 0 saturated heterocycles. The fraction of sp³-hybridized carbons (Fsp3) is 1.00. The number of hydrogen-bond donors (Lipinski definition) is 0. The van der Waals surface area contributed by atoms with Gasteiger partial charge in [-0.25, -0.2) is 0 Å². The molecule has 0 spiro atoms. The highest BCUT2D eigenvalue weighted by Crippen LogP contribution is 2.64. The van der Waals surface area contributed by atoms with E-state index < -0.39 is 15.3 Å². The minimum Gasteiger partial charge on any atom is -0.0817 e. The van der Waals surface area contributed by atoms with Crippen LogP contribution in [-0.4, -0.2) is 23.0 Å². The molecule has 0 fully saturated rings. The van der Waals surface area contributed by atoms with Crippen molar-refractivity contribution in [3.8, 4) is 0 Å². The second-order valence-electron chi connectivity index (χ2n) is 4.91. The summed E-state index contributed by atoms with van der Waals surface area (Å²) in [5, 5.41) is 0. The van der Waals surface area contributed by atoms with Gasteiger partial charge in [0.2, 0.25) is 0 Å². The Balaban J connectivity index is 3.41. The van der Waals surface area contributed by atoms with E-state index in [4.69, 9.17) is 64.1 Å². The molecule has 0 nitrogen and oxygen atoms in total. The summed E-state index contributed by atoms with van der Waals surface area (Å²) in [6.45, 7) is 4.27. The number of hydrogen-bond acceptors (Lipinski definition) is 4. The fourth-order valence-corrected chi connectivity index (χ4v) is 13.4. The van der Waals surface area contributed by atoms with Crippen LogP contribution in [0, 0.1) is 11.8 Å². The van der Waals surface area contributed by atoms with Gasteiger partial charge in [-0.15, -0.1) is 0 Å². The Morgan fingerprint density at radius 1 is 0.682 bits per heavy atom. The van der Waals surface area contributed by atoms with E-state index in [9.17, 15) is 0 Å². The van der Waals surface area contributed by atoms with E-state index in [1.165, 1.54) is 0 Å². The smallest absolute Gasteiger partial charge is 0.0190 e. The first kappa shape index (κ1) is 25.8. The first-order valence-electron chi connectivity index (χ1n) is 6.37. The Bertz CT molecular complexity index is 256. The van der Waals surface area contributed by atoms with Crippen molar-refractivity contribution in [3.63, 3.8) is 0 Å². The molecule has 0 aliphatic carbocycles. The predicted octanol–water partition coefficient (Wildman–Crippen LogP) is 10.2. The lowest BCUT2D eigenvalue weighted by atomic mass is 10.2. The van der Waals surface area contributed by atoms with Crippen LogP contribution in [0.4, 0.5) is 0 Å². The van der Waals surface area contributed by atoms with E-state index in [1.807, 2.05) is 41.2 Å². The van der Waals surface area contributed by atoms with Crippen LogP contribution in [-0.2, 0) is 0 Å². The van der Waals surface area contributed by atoms with Gasteiger partial charge in [0.25, 0.3) is 0 Å². The number of halogens is 6. The molecule has 138 valence electrons. The van der Waals surface area contributed by atoms with Crippen LogP contribution in [0.15, 0.2) is 0 Å². The molecule has 2 unspecified atom stereocenters. The summed E-state index contributed by atoms with van der Waals surface area (Å²) < 4.78 is 0. The van der Waals surface area contributed by atoms with Gasteiger partial charge in [0.1, 0.15) is 0 Å². The monoisotopic (exact) mass is 542 g/mol. The van der Waals surface area contributed by atoms with Crippen molar-refractivity contribution >= 4 is 121 Å². The second kappa shape index (κ2) is 13.9. The molecule has 2 atom stereocenters. The molecule has 0 rings (SSSR count). The lowest BCUT2D eigenvalue weighted by Crippen LogP contribution is -2.02. The Morgan fingerprint density at radius 2 is 1.00 bits per heavy atom. The van der Waals surface area contributed by atoms with E-state index >= 15 is 0 Å². The minimum atomic E-state index is -1.93. The first-order chi connectivity index (χ1) is 9.99. The van der Waals surface area contributed by atoms with Gasteiger partial charge in [-0.2, -0.15) is 0 Å². The zero-order valence-corrected chi connectivity index (χ0v) is 21.5. The van der Waals surface area contributed by atoms with Crippen LogP contribution < -0.4 is 0 Å². The lowest BCUT2D eigenvalue weighted by Gasteiger charge is -2.20. The van der Waals surface area contributed by atoms with Gasteiger partial charge >= 0.3 is 0 Å². The minimum absolute atomic E-state index is 0.457. The summed E-state index contributed by atoms with van der Waals surface area (Å²) in [5.74, 6) is 4.44. The first-order valence-corrected chi connectivity index (χ1v) is 20.1. The molecule has 0 heterocycles. The van der Waals surface area contributed by atoms with Crippen LogP contribution >= 0.6 is 121 Å². The maximum Gasteiger partial charge on any atom is 0.0190 e. The molecule has 12 heteroatoms. The zero-order valence-electron chi connectivity index (χ0n) is 12.1. The average molecular weight is 545 g/mol. The van der Waals surface area contributed by atoms with Crippen molar-refractivity contribution in [2.45, 2.75) is 26.7 Å². The standard InChI is InChI=1S/C10H20Cl6S6/c1-9(7-21(11,12)13)3-5-17-19-20-18-6-4-10(2)8-22(14,15)16/h9-10H,3-8H2,1-2H3. The summed E-state index contributed by atoms with van der Waals surface area (Å²) in [5.41, 5.74) is 0. The molecule has 0 aliphatic heterocycles. The van der Waals surface area contributed by atoms with Crippen LogP contribution in [0.3, 0.4) is 0 Å². The summed E-state index contributed by atoms with van der Waals surface area (Å²) in [6, 6.07) is 0. The van der Waals surface area contributed by atoms with Gasteiger partial charge in [-0.3, -0.25) is 0 Å². The van der Waals surface area contributed by atoms with Crippen molar-refractivity contribution in [3.05, 3.63) is 0 Å². The second-order valence-corrected chi connectivity index (χ2v) is 26.1. The summed E-state index contributed by atoms with van der Waals surface area (Å²) in [7, 11) is 38.6. The van der Waals surface area contributed by atoms with Gasteiger partial charge in [0.15, 0.2) is 0 Å². The third-order valence-corrected chi connectivity index (χ3v) is 13.1. The highest BCUT2D eigenvalue weighted by Gasteiger charge is 2.18. The van der Waals surface area contributed by atoms with Crippen LogP contribution in [0.2, 0.25) is 0 Å². The fourth-order valence-electron chi connectivity index (χ4n) is 1.42. The summed E-state index contributed by atoms with van der Waals surface area (Å²) in [6.07, 6.45) is 2.15. The van der Waals surface area contributed by atoms with Gasteiger partial charge in [0.05, 0.1) is 0 Å². The molecule has 0 aromatic heterocycles. The third-order valence-electron chi connectivity index (χ3n) is 2.46. The van der Waals surface area contributed by atoms with Crippen molar-refractivity contribution in [2.24, 2.45) is 11.8 Å². The van der Waals surface area contributed by atoms with Crippen molar-refractivity contribution in [1.82, 2.24) is 0 Å². The molecule has 0 radical (unpaired) electrons. The lowest BCUT2D eigenvalue weighted by molar-refractivity contribution is 0.644. The SMILES string of the molecule is CC(CCSSSSCCC(C)CS(Cl)(Cl)Cl)CS(Cl)(Cl)Cl. The predicted molar refractivity (Wildman–Crippen MR) is 128 cm³/mol. The van der Waals surface area contributed by atoms with Crippen LogP contribution in [0.5, 0.6) is 0 Å². The third kappa shape index (κ3) is 20.2. The molecular formula is C10H20Cl6S6. The molecule has 0 saturated carbocycles. The molecule has 0 aromatic carbocycles. The van der Waals surface area contributed by atoms with Crippen molar-refractivity contribution in [2.75, 3.05) is 23.0 Å². The average Bonchev–Trinajstić information content (AvgIpc) is 2.27. The van der Waals surface area contributed by atoms with E-state index in [2.05, 4.69) is 13.8 Å². The Labute approximate surface area is 180 Å². The Morgan fingerprint density at radius 3 is 1.27 bits per heavy atom. The molecule has 0 aromatic rings. The highest BCUT2D eigenvalue weighted by atomic mass is 36.2. The number of rotatable bonds is 13. The molecular weight excluding hydrogens is 525 g/mol. The van der Waals surface area contributed by atoms with Gasteiger partial charge in [-0.05, 0) is 124 Å². The van der Waals surface area contributed by atoms with Gasteiger partial charge in [-0.1, -0.05) is 35.4 Å². The van der Waals surface area contributed by atoms with Gasteiger partial charge in [0, 0.05) is 23.0 Å². The Kier molecular flexibility index (Phi) is 16.4. The van der Waals surface area contributed by atoms with E-state index in [0.29, 0.717) is 23.3 Å². The molecule has 0 bridgehead atoms. The van der Waals surface area contributed by atoms with E-state index in [1.54, 1.807) is 0 Å². The highest BCUT2D eigenvalue weighted by molar-refractivity contribution is 9.26. The van der Waals surface area contributed by atoms with Crippen LogP contribution in [0.25, 0.3) is 0 Å². The maximum atomic E-state index is 5.86. The topological polar surface area (TPSA) is 0 Å². The molecule has 0 N–H and O–H groups in total. The van der Waals surface area contributed by atoms with Crippen molar-refractivity contribution in [1.29, 1.82) is 0 Å². The van der Waals surface area contributed by atoms with Crippen LogP contribution in [0.1, 0.15) is 26.7 Å². The molecule has 0 aliphatic rings. The zero-order chi connectivity index (χ0) is 17.2. The van der Waals surface area contributed by atoms with Crippen molar-refractivity contribution < 1.29 is 0 Å².